The molecule has 1 saturated carbocycles. The normalized spacial score (nSPS) is 20.7. The van der Waals surface area contributed by atoms with Crippen LogP contribution in [0.1, 0.15) is 30.9 Å². The van der Waals surface area contributed by atoms with Crippen LogP contribution < -0.4 is 11.1 Å². The van der Waals surface area contributed by atoms with Gasteiger partial charge in [0.25, 0.3) is 0 Å². The van der Waals surface area contributed by atoms with E-state index in [0.717, 1.165) is 12.1 Å². The Balaban J connectivity index is 2.15. The number of nitrogens with one attached hydrogen (secondary N) is 1. The van der Waals surface area contributed by atoms with Gasteiger partial charge in [0.15, 0.2) is 0 Å². The third-order valence-corrected chi connectivity index (χ3v) is 3.58. The van der Waals surface area contributed by atoms with Crippen LogP contribution in [0.25, 0.3) is 0 Å². The molecule has 1 aromatic heterocycles. The van der Waals surface area contributed by atoms with E-state index < -0.39 is 0 Å². The van der Waals surface area contributed by atoms with Gasteiger partial charge in [-0.2, -0.15) is 0 Å². The molecule has 3 N–H and O–H groups in total. The minimum absolute atomic E-state index is 0.118. The summed E-state index contributed by atoms with van der Waals surface area (Å²) in [4.78, 5) is 4.14. The fourth-order valence-corrected chi connectivity index (χ4v) is 2.49. The van der Waals surface area contributed by atoms with Crippen LogP contribution in [0.15, 0.2) is 24.5 Å². The Bertz CT molecular complexity index is 306. The fourth-order valence-electron chi connectivity index (χ4n) is 2.49. The first kappa shape index (κ1) is 10.6. The zero-order valence-corrected chi connectivity index (χ0v) is 9.24. The lowest BCUT2D eigenvalue weighted by Gasteiger charge is -2.46. The molecule has 0 radical (unpaired) electrons. The highest BCUT2D eigenvalue weighted by atomic mass is 14.9. The van der Waals surface area contributed by atoms with Crippen molar-refractivity contribution in [3.8, 4) is 0 Å². The Hall–Kier alpha value is -0.930. The third kappa shape index (κ3) is 1.90. The second-order valence-electron chi connectivity index (χ2n) is 4.51. The molecule has 82 valence electrons. The van der Waals surface area contributed by atoms with Gasteiger partial charge in [-0.05, 0) is 31.5 Å². The first-order chi connectivity index (χ1) is 7.28. The molecule has 0 saturated heterocycles. The standard InChI is InChI=1S/C12H19N3/c1-14-9-12(5-3-6-12)11(13)10-4-2-7-15-8-10/h2,4,7-8,11,14H,3,5-6,9,13H2,1H3. The van der Waals surface area contributed by atoms with Gasteiger partial charge in [-0.3, -0.25) is 4.98 Å². The van der Waals surface area contributed by atoms with Crippen LogP contribution >= 0.6 is 0 Å². The maximum Gasteiger partial charge on any atom is 0.0379 e. The topological polar surface area (TPSA) is 50.9 Å². The van der Waals surface area contributed by atoms with Gasteiger partial charge in [0, 0.05) is 30.4 Å². The number of rotatable bonds is 4. The summed E-state index contributed by atoms with van der Waals surface area (Å²) in [6.07, 6.45) is 7.44. The SMILES string of the molecule is CNCC1(C(N)c2cccnc2)CCC1. The lowest BCUT2D eigenvalue weighted by Crippen LogP contribution is -2.46. The Labute approximate surface area is 91.1 Å². The van der Waals surface area contributed by atoms with Crippen molar-refractivity contribution in [2.24, 2.45) is 11.1 Å². The fraction of sp³-hybridized carbons (Fsp3) is 0.583. The van der Waals surface area contributed by atoms with Gasteiger partial charge in [-0.15, -0.1) is 0 Å². The molecular formula is C12H19N3. The minimum Gasteiger partial charge on any atom is -0.323 e. The van der Waals surface area contributed by atoms with Crippen LogP contribution in [0.5, 0.6) is 0 Å². The number of aromatic nitrogens is 1. The molecule has 0 aromatic carbocycles. The highest BCUT2D eigenvalue weighted by Crippen LogP contribution is 2.48. The van der Waals surface area contributed by atoms with Gasteiger partial charge in [0.2, 0.25) is 0 Å². The Morgan fingerprint density at radius 3 is 2.87 bits per heavy atom. The molecule has 3 nitrogen and oxygen atoms in total. The van der Waals surface area contributed by atoms with Crippen LogP contribution in [-0.2, 0) is 0 Å². The lowest BCUT2D eigenvalue weighted by molar-refractivity contribution is 0.0946. The Morgan fingerprint density at radius 1 is 1.60 bits per heavy atom. The molecule has 0 bridgehead atoms. The van der Waals surface area contributed by atoms with E-state index in [-0.39, 0.29) is 11.5 Å². The van der Waals surface area contributed by atoms with Crippen LogP contribution in [0.4, 0.5) is 0 Å². The molecule has 3 heteroatoms. The zero-order chi connectivity index (χ0) is 10.7. The van der Waals surface area contributed by atoms with E-state index in [9.17, 15) is 0 Å². The Kier molecular flexibility index (Phi) is 3.03. The summed E-state index contributed by atoms with van der Waals surface area (Å²) in [5, 5.41) is 3.26. The maximum atomic E-state index is 6.34. The second-order valence-corrected chi connectivity index (χ2v) is 4.51. The van der Waals surface area contributed by atoms with Crippen molar-refractivity contribution in [2.45, 2.75) is 25.3 Å². The Morgan fingerprint density at radius 2 is 2.40 bits per heavy atom. The number of pyridine rings is 1. The summed E-state index contributed by atoms with van der Waals surface area (Å²) in [5.41, 5.74) is 7.76. The first-order valence-electron chi connectivity index (χ1n) is 5.59. The molecule has 0 spiro atoms. The summed E-state index contributed by atoms with van der Waals surface area (Å²) in [5.74, 6) is 0. The van der Waals surface area contributed by atoms with Crippen LogP contribution in [0, 0.1) is 5.41 Å². The summed E-state index contributed by atoms with van der Waals surface area (Å²) in [6.45, 7) is 1.00. The molecule has 0 amide bonds. The van der Waals surface area contributed by atoms with Crippen LogP contribution in [-0.4, -0.2) is 18.6 Å². The molecule has 1 heterocycles. The van der Waals surface area contributed by atoms with E-state index >= 15 is 0 Å². The summed E-state index contributed by atoms with van der Waals surface area (Å²) >= 11 is 0. The van der Waals surface area contributed by atoms with Gasteiger partial charge in [-0.1, -0.05) is 12.5 Å². The van der Waals surface area contributed by atoms with Crippen molar-refractivity contribution in [1.82, 2.24) is 10.3 Å². The van der Waals surface area contributed by atoms with Crippen molar-refractivity contribution < 1.29 is 0 Å². The molecule has 15 heavy (non-hydrogen) atoms. The molecule has 0 aliphatic heterocycles. The zero-order valence-electron chi connectivity index (χ0n) is 9.24. The number of nitrogens with two attached hydrogens (primary N) is 1. The average Bonchev–Trinajstić information content (AvgIpc) is 2.24. The van der Waals surface area contributed by atoms with Gasteiger partial charge in [-0.25, -0.2) is 0 Å². The van der Waals surface area contributed by atoms with E-state index in [0.29, 0.717) is 0 Å². The summed E-state index contributed by atoms with van der Waals surface area (Å²) in [7, 11) is 2.00. The number of hydrogen-bond donors (Lipinski definition) is 2. The van der Waals surface area contributed by atoms with Crippen LogP contribution in [0.3, 0.4) is 0 Å². The van der Waals surface area contributed by atoms with Gasteiger partial charge < -0.3 is 11.1 Å². The molecule has 2 rings (SSSR count). The molecule has 1 aliphatic rings. The molecule has 1 aromatic rings. The van der Waals surface area contributed by atoms with E-state index in [1.165, 1.54) is 19.3 Å². The molecule has 1 unspecified atom stereocenters. The molecule has 1 fully saturated rings. The maximum absolute atomic E-state index is 6.34. The van der Waals surface area contributed by atoms with E-state index in [1.54, 1.807) is 6.20 Å². The number of nitrogens with zero attached hydrogens (tertiary/aromatic N) is 1. The van der Waals surface area contributed by atoms with Crippen molar-refractivity contribution >= 4 is 0 Å². The average molecular weight is 205 g/mol. The minimum atomic E-state index is 0.118. The highest BCUT2D eigenvalue weighted by Gasteiger charge is 2.42. The quantitative estimate of drug-likeness (QED) is 0.782. The smallest absolute Gasteiger partial charge is 0.0379 e. The van der Waals surface area contributed by atoms with E-state index in [4.69, 9.17) is 5.73 Å². The van der Waals surface area contributed by atoms with Gasteiger partial charge >= 0.3 is 0 Å². The first-order valence-corrected chi connectivity index (χ1v) is 5.59. The summed E-state index contributed by atoms with van der Waals surface area (Å²) in [6, 6.07) is 4.15. The largest absolute Gasteiger partial charge is 0.323 e. The van der Waals surface area contributed by atoms with E-state index in [1.807, 2.05) is 19.3 Å². The van der Waals surface area contributed by atoms with Crippen molar-refractivity contribution in [3.63, 3.8) is 0 Å². The highest BCUT2D eigenvalue weighted by molar-refractivity contribution is 5.18. The van der Waals surface area contributed by atoms with Gasteiger partial charge in [0.05, 0.1) is 0 Å². The van der Waals surface area contributed by atoms with Crippen LogP contribution in [0.2, 0.25) is 0 Å². The third-order valence-electron chi connectivity index (χ3n) is 3.58. The van der Waals surface area contributed by atoms with E-state index in [2.05, 4.69) is 16.4 Å². The van der Waals surface area contributed by atoms with Crippen molar-refractivity contribution in [3.05, 3.63) is 30.1 Å². The second kappa shape index (κ2) is 4.29. The van der Waals surface area contributed by atoms with Crippen molar-refractivity contribution in [1.29, 1.82) is 0 Å². The molecular weight excluding hydrogens is 186 g/mol. The monoisotopic (exact) mass is 205 g/mol. The molecule has 1 atom stereocenters. The molecule has 1 aliphatic carbocycles. The predicted molar refractivity (Wildman–Crippen MR) is 61.4 cm³/mol. The lowest BCUT2D eigenvalue weighted by atomic mass is 9.63. The number of hydrogen-bond acceptors (Lipinski definition) is 3. The van der Waals surface area contributed by atoms with Crippen molar-refractivity contribution in [2.75, 3.05) is 13.6 Å². The van der Waals surface area contributed by atoms with Gasteiger partial charge in [0.1, 0.15) is 0 Å². The summed E-state index contributed by atoms with van der Waals surface area (Å²) < 4.78 is 0. The predicted octanol–water partition coefficient (Wildman–Crippen LogP) is 1.47.